The number of hydrogen-bond donors (Lipinski definition) is 1. The highest BCUT2D eigenvalue weighted by Gasteiger charge is 2.39. The summed E-state index contributed by atoms with van der Waals surface area (Å²) in [5.74, 6) is -0.506. The molecule has 0 radical (unpaired) electrons. The lowest BCUT2D eigenvalue weighted by Gasteiger charge is -2.38. The summed E-state index contributed by atoms with van der Waals surface area (Å²) < 4.78 is 11.6. The van der Waals surface area contributed by atoms with Crippen LogP contribution in [0.1, 0.15) is 34.3 Å². The molecule has 1 spiro atoms. The molecule has 142 valence electrons. The number of hydrogen-bond acceptors (Lipinski definition) is 5. The Hall–Kier alpha value is -2.44. The highest BCUT2D eigenvalue weighted by Crippen LogP contribution is 2.33. The van der Waals surface area contributed by atoms with Gasteiger partial charge in [0.05, 0.1) is 30.7 Å². The molecule has 1 N–H and O–H groups in total. The first-order chi connectivity index (χ1) is 13.1. The third-order valence-electron chi connectivity index (χ3n) is 5.23. The van der Waals surface area contributed by atoms with E-state index >= 15 is 0 Å². The molecule has 4 rings (SSSR count). The summed E-state index contributed by atoms with van der Waals surface area (Å²) in [6.07, 6.45) is 5.09. The molecule has 2 aliphatic heterocycles. The Kier molecular flexibility index (Phi) is 5.09. The zero-order valence-electron chi connectivity index (χ0n) is 15.6. The zero-order valence-corrected chi connectivity index (χ0v) is 15.6. The fraction of sp³-hybridized carbons (Fsp3) is 0.429. The second-order valence-electron chi connectivity index (χ2n) is 7.20. The van der Waals surface area contributed by atoms with Crippen molar-refractivity contribution in [3.63, 3.8) is 0 Å². The molecule has 6 heteroatoms. The van der Waals surface area contributed by atoms with Gasteiger partial charge in [-0.3, -0.25) is 9.78 Å². The van der Waals surface area contributed by atoms with Crippen molar-refractivity contribution in [1.82, 2.24) is 10.3 Å². The van der Waals surface area contributed by atoms with Crippen molar-refractivity contribution in [2.75, 3.05) is 31.2 Å². The maximum atomic E-state index is 12.5. The predicted molar refractivity (Wildman–Crippen MR) is 103 cm³/mol. The maximum Gasteiger partial charge on any atom is 0.253 e. The van der Waals surface area contributed by atoms with E-state index < -0.39 is 5.79 Å². The van der Waals surface area contributed by atoms with E-state index in [0.717, 1.165) is 37.2 Å². The summed E-state index contributed by atoms with van der Waals surface area (Å²) in [7, 11) is 0. The lowest BCUT2D eigenvalue weighted by molar-refractivity contribution is -0.169. The molecule has 0 unspecified atom stereocenters. The SMILES string of the molecule is Cc1cccc(CNC(=O)c2cncc(N3CCC4(CC3)OCCO4)c2)c1. The molecule has 1 amide bonds. The number of aromatic nitrogens is 1. The average molecular weight is 367 g/mol. The van der Waals surface area contributed by atoms with Crippen molar-refractivity contribution in [2.24, 2.45) is 0 Å². The van der Waals surface area contributed by atoms with E-state index in [1.165, 1.54) is 5.56 Å². The number of carbonyl (C=O) groups excluding carboxylic acids is 1. The van der Waals surface area contributed by atoms with Gasteiger partial charge in [-0.15, -0.1) is 0 Å². The first-order valence-corrected chi connectivity index (χ1v) is 9.45. The van der Waals surface area contributed by atoms with E-state index in [9.17, 15) is 4.79 Å². The Morgan fingerprint density at radius 3 is 2.70 bits per heavy atom. The Labute approximate surface area is 159 Å². The van der Waals surface area contributed by atoms with Crippen LogP contribution in [0.2, 0.25) is 0 Å². The van der Waals surface area contributed by atoms with Crippen molar-refractivity contribution in [2.45, 2.75) is 32.1 Å². The predicted octanol–water partition coefficient (Wildman–Crippen LogP) is 2.66. The molecule has 0 bridgehead atoms. The van der Waals surface area contributed by atoms with Gasteiger partial charge in [-0.1, -0.05) is 29.8 Å². The normalized spacial score (nSPS) is 18.6. The smallest absolute Gasteiger partial charge is 0.253 e. The standard InChI is InChI=1S/C21H25N3O3/c1-16-3-2-4-17(11-16)13-23-20(25)18-12-19(15-22-14-18)24-7-5-21(6-8-24)26-9-10-27-21/h2-4,11-12,14-15H,5-10,13H2,1H3,(H,23,25). The number of nitrogens with one attached hydrogen (secondary N) is 1. The lowest BCUT2D eigenvalue weighted by atomic mass is 10.0. The summed E-state index contributed by atoms with van der Waals surface area (Å²) in [5, 5.41) is 2.97. The van der Waals surface area contributed by atoms with Crippen LogP contribution in [0.3, 0.4) is 0 Å². The molecule has 2 saturated heterocycles. The van der Waals surface area contributed by atoms with Crippen molar-refractivity contribution >= 4 is 11.6 Å². The third-order valence-corrected chi connectivity index (χ3v) is 5.23. The Morgan fingerprint density at radius 2 is 1.96 bits per heavy atom. The first-order valence-electron chi connectivity index (χ1n) is 9.45. The highest BCUT2D eigenvalue weighted by molar-refractivity contribution is 5.94. The number of nitrogens with zero attached hydrogens (tertiary/aromatic N) is 2. The number of anilines is 1. The molecule has 0 atom stereocenters. The summed E-state index contributed by atoms with van der Waals surface area (Å²) in [6, 6.07) is 10.0. The van der Waals surface area contributed by atoms with E-state index in [0.29, 0.717) is 25.3 Å². The molecule has 2 aliphatic rings. The third kappa shape index (κ3) is 4.12. The summed E-state index contributed by atoms with van der Waals surface area (Å²) in [6.45, 7) is 5.57. The van der Waals surface area contributed by atoms with Crippen LogP contribution >= 0.6 is 0 Å². The first kappa shape index (κ1) is 17.9. The molecule has 27 heavy (non-hydrogen) atoms. The number of carbonyl (C=O) groups is 1. The van der Waals surface area contributed by atoms with Gasteiger partial charge in [0.1, 0.15) is 0 Å². The van der Waals surface area contributed by atoms with Crippen LogP contribution in [-0.4, -0.2) is 43.0 Å². The number of amides is 1. The van der Waals surface area contributed by atoms with Gasteiger partial charge in [0.2, 0.25) is 0 Å². The number of rotatable bonds is 4. The van der Waals surface area contributed by atoms with Crippen molar-refractivity contribution < 1.29 is 14.3 Å². The van der Waals surface area contributed by atoms with Gasteiger partial charge in [0, 0.05) is 38.7 Å². The molecule has 0 aliphatic carbocycles. The summed E-state index contributed by atoms with van der Waals surface area (Å²) in [5.41, 5.74) is 3.81. The molecule has 1 aromatic carbocycles. The second kappa shape index (κ2) is 7.66. The van der Waals surface area contributed by atoms with E-state index in [4.69, 9.17) is 9.47 Å². The van der Waals surface area contributed by atoms with Gasteiger partial charge in [0.25, 0.3) is 5.91 Å². The minimum atomic E-state index is -0.396. The summed E-state index contributed by atoms with van der Waals surface area (Å²) in [4.78, 5) is 19.0. The van der Waals surface area contributed by atoms with Crippen molar-refractivity contribution in [1.29, 1.82) is 0 Å². The topological polar surface area (TPSA) is 63.7 Å². The quantitative estimate of drug-likeness (QED) is 0.900. The van der Waals surface area contributed by atoms with Gasteiger partial charge >= 0.3 is 0 Å². The van der Waals surface area contributed by atoms with Crippen LogP contribution in [0.25, 0.3) is 0 Å². The number of piperidine rings is 1. The number of pyridine rings is 1. The number of aryl methyl sites for hydroxylation is 1. The summed E-state index contributed by atoms with van der Waals surface area (Å²) >= 11 is 0. The van der Waals surface area contributed by atoms with Crippen molar-refractivity contribution in [3.05, 3.63) is 59.4 Å². The van der Waals surface area contributed by atoms with Crippen LogP contribution in [-0.2, 0) is 16.0 Å². The second-order valence-corrected chi connectivity index (χ2v) is 7.20. The molecule has 2 aromatic rings. The van der Waals surface area contributed by atoms with E-state index in [-0.39, 0.29) is 5.91 Å². The van der Waals surface area contributed by atoms with Crippen molar-refractivity contribution in [3.8, 4) is 0 Å². The van der Waals surface area contributed by atoms with Crippen LogP contribution in [0.4, 0.5) is 5.69 Å². The van der Waals surface area contributed by atoms with Gasteiger partial charge < -0.3 is 19.7 Å². The van der Waals surface area contributed by atoms with Crippen LogP contribution in [0, 0.1) is 6.92 Å². The fourth-order valence-corrected chi connectivity index (χ4v) is 3.72. The van der Waals surface area contributed by atoms with Crippen LogP contribution in [0.5, 0.6) is 0 Å². The number of ether oxygens (including phenoxy) is 2. The van der Waals surface area contributed by atoms with Crippen LogP contribution in [0.15, 0.2) is 42.7 Å². The Morgan fingerprint density at radius 1 is 1.19 bits per heavy atom. The Bertz CT molecular complexity index is 808. The minimum Gasteiger partial charge on any atom is -0.370 e. The molecule has 0 saturated carbocycles. The van der Waals surface area contributed by atoms with Crippen LogP contribution < -0.4 is 10.2 Å². The van der Waals surface area contributed by atoms with Gasteiger partial charge in [0.15, 0.2) is 5.79 Å². The molecule has 6 nitrogen and oxygen atoms in total. The van der Waals surface area contributed by atoms with Gasteiger partial charge in [-0.2, -0.15) is 0 Å². The molecule has 3 heterocycles. The van der Waals surface area contributed by atoms with E-state index in [1.807, 2.05) is 37.4 Å². The monoisotopic (exact) mass is 367 g/mol. The highest BCUT2D eigenvalue weighted by atomic mass is 16.7. The van der Waals surface area contributed by atoms with Gasteiger partial charge in [-0.25, -0.2) is 0 Å². The van der Waals surface area contributed by atoms with Gasteiger partial charge in [-0.05, 0) is 18.6 Å². The number of benzene rings is 1. The molecular weight excluding hydrogens is 342 g/mol. The fourth-order valence-electron chi connectivity index (χ4n) is 3.72. The van der Waals surface area contributed by atoms with E-state index in [1.54, 1.807) is 6.20 Å². The minimum absolute atomic E-state index is 0.109. The zero-order chi connectivity index (χ0) is 18.7. The van der Waals surface area contributed by atoms with E-state index in [2.05, 4.69) is 21.3 Å². The maximum absolute atomic E-state index is 12.5. The molecular formula is C21H25N3O3. The average Bonchev–Trinajstić information content (AvgIpc) is 3.15. The Balaban J connectivity index is 1.38. The molecule has 2 fully saturated rings. The molecule has 1 aromatic heterocycles. The lowest BCUT2D eigenvalue weighted by Crippen LogP contribution is -2.45. The largest absolute Gasteiger partial charge is 0.370 e.